The summed E-state index contributed by atoms with van der Waals surface area (Å²) in [4.78, 5) is 14.5. The number of piperidine rings is 1. The Morgan fingerprint density at radius 2 is 2.08 bits per heavy atom. The Bertz CT molecular complexity index is 758. The Morgan fingerprint density at radius 1 is 1.32 bits per heavy atom. The summed E-state index contributed by atoms with van der Waals surface area (Å²) in [6, 6.07) is 11.0. The van der Waals surface area contributed by atoms with Crippen LogP contribution < -0.4 is 10.0 Å². The molecule has 3 rings (SSSR count). The van der Waals surface area contributed by atoms with E-state index < -0.39 is 0 Å². The van der Waals surface area contributed by atoms with E-state index in [1.165, 1.54) is 0 Å². The molecule has 1 aliphatic heterocycles. The Hall–Kier alpha value is -2.11. The van der Waals surface area contributed by atoms with Gasteiger partial charge in [0.25, 0.3) is 5.91 Å². The molecule has 1 N–H and O–H groups in total. The highest BCUT2D eigenvalue weighted by Gasteiger charge is 2.25. The van der Waals surface area contributed by atoms with E-state index >= 15 is 0 Å². The van der Waals surface area contributed by atoms with Gasteiger partial charge in [-0.2, -0.15) is 4.73 Å². The summed E-state index contributed by atoms with van der Waals surface area (Å²) in [6.07, 6.45) is 3.37. The normalized spacial score (nSPS) is 15.9. The van der Waals surface area contributed by atoms with Crippen molar-refractivity contribution in [3.05, 3.63) is 69.6 Å². The number of aromatic nitrogens is 1. The maximum absolute atomic E-state index is 12.3. The predicted octanol–water partition coefficient (Wildman–Crippen LogP) is 2.85. The number of rotatable bonds is 4. The predicted molar refractivity (Wildman–Crippen MR) is 97.5 cm³/mol. The third kappa shape index (κ3) is 4.30. The average Bonchev–Trinajstić information content (AvgIpc) is 2.63. The van der Waals surface area contributed by atoms with Gasteiger partial charge >= 0.3 is 0 Å². The summed E-state index contributed by atoms with van der Waals surface area (Å²) in [6.45, 7) is 4.12. The highest BCUT2D eigenvalue weighted by molar-refractivity contribution is 6.33. The maximum Gasteiger partial charge on any atom is 0.253 e. The molecule has 0 atom stereocenters. The van der Waals surface area contributed by atoms with Crippen molar-refractivity contribution >= 4 is 17.5 Å². The van der Waals surface area contributed by atoms with E-state index in [1.54, 1.807) is 24.4 Å². The van der Waals surface area contributed by atoms with Crippen LogP contribution >= 0.6 is 11.6 Å². The molecule has 1 saturated heterocycles. The number of benzene rings is 1. The van der Waals surface area contributed by atoms with Crippen molar-refractivity contribution in [3.63, 3.8) is 0 Å². The molecular formula is C19H22ClN3O2. The topological polar surface area (TPSA) is 59.3 Å². The van der Waals surface area contributed by atoms with Crippen molar-refractivity contribution < 1.29 is 9.52 Å². The van der Waals surface area contributed by atoms with Gasteiger partial charge in [0.1, 0.15) is 0 Å². The van der Waals surface area contributed by atoms with Gasteiger partial charge in [-0.25, -0.2) is 0 Å². The number of carbonyl (C=O) groups excluding carboxylic acids is 1. The van der Waals surface area contributed by atoms with Crippen molar-refractivity contribution in [1.82, 2.24) is 10.2 Å². The molecule has 0 radical (unpaired) electrons. The Balaban J connectivity index is 1.52. The summed E-state index contributed by atoms with van der Waals surface area (Å²) < 4.78 is 0.960. The minimum Gasteiger partial charge on any atom is -0.618 e. The first-order valence-corrected chi connectivity index (χ1v) is 8.87. The molecule has 2 heterocycles. The Labute approximate surface area is 152 Å². The molecule has 6 heteroatoms. The fourth-order valence-electron chi connectivity index (χ4n) is 3.24. The monoisotopic (exact) mass is 359 g/mol. The van der Waals surface area contributed by atoms with Gasteiger partial charge in [0.15, 0.2) is 11.9 Å². The summed E-state index contributed by atoms with van der Waals surface area (Å²) in [7, 11) is 0. The van der Waals surface area contributed by atoms with E-state index in [2.05, 4.69) is 10.2 Å². The van der Waals surface area contributed by atoms with Crippen LogP contribution in [0.15, 0.2) is 42.6 Å². The number of nitrogens with one attached hydrogen (secondary N) is 1. The summed E-state index contributed by atoms with van der Waals surface area (Å²) in [5.41, 5.74) is 2.34. The molecule has 1 aromatic carbocycles. The molecule has 1 fully saturated rings. The summed E-state index contributed by atoms with van der Waals surface area (Å²) >= 11 is 6.11. The maximum atomic E-state index is 12.3. The Morgan fingerprint density at radius 3 is 2.80 bits per heavy atom. The zero-order chi connectivity index (χ0) is 17.8. The van der Waals surface area contributed by atoms with Gasteiger partial charge in [-0.3, -0.25) is 9.69 Å². The van der Waals surface area contributed by atoms with E-state index in [0.717, 1.165) is 41.9 Å². The number of aryl methyl sites for hydroxylation is 1. The number of hydrogen-bond acceptors (Lipinski definition) is 3. The van der Waals surface area contributed by atoms with Crippen LogP contribution in [0.1, 0.15) is 40.4 Å². The number of carbonyl (C=O) groups is 1. The van der Waals surface area contributed by atoms with Crippen molar-refractivity contribution in [2.45, 2.75) is 25.7 Å². The molecule has 0 saturated carbocycles. The van der Waals surface area contributed by atoms with E-state index in [0.29, 0.717) is 17.3 Å². The zero-order valence-electron chi connectivity index (χ0n) is 14.2. The van der Waals surface area contributed by atoms with Gasteiger partial charge in [-0.15, -0.1) is 0 Å². The van der Waals surface area contributed by atoms with Gasteiger partial charge in [0.05, 0.1) is 17.3 Å². The van der Waals surface area contributed by atoms with Crippen molar-refractivity contribution in [3.8, 4) is 0 Å². The molecule has 132 valence electrons. The largest absolute Gasteiger partial charge is 0.618 e. The standard InChI is InChI=1S/C19H22ClN3O2/c1-14-5-6-17(20)16(12-14)19(24)21-13-22-10-7-15(8-11-22)18-4-2-3-9-23(18)25/h2-6,9,12,15H,7-8,10-11,13H2,1H3,(H,21,24). The molecule has 1 aliphatic rings. The lowest BCUT2D eigenvalue weighted by Gasteiger charge is -2.31. The molecule has 0 spiro atoms. The van der Waals surface area contributed by atoms with Crippen LogP contribution in [0.25, 0.3) is 0 Å². The van der Waals surface area contributed by atoms with Gasteiger partial charge in [0.2, 0.25) is 0 Å². The third-order valence-electron chi connectivity index (χ3n) is 4.69. The highest BCUT2D eigenvalue weighted by Crippen LogP contribution is 2.25. The first-order chi connectivity index (χ1) is 12.0. The molecule has 0 bridgehead atoms. The molecule has 25 heavy (non-hydrogen) atoms. The van der Waals surface area contributed by atoms with E-state index in [9.17, 15) is 10.0 Å². The summed E-state index contributed by atoms with van der Waals surface area (Å²) in [5.74, 6) is 0.119. The Kier molecular flexibility index (Phi) is 5.56. The lowest BCUT2D eigenvalue weighted by molar-refractivity contribution is -0.616. The van der Waals surface area contributed by atoms with E-state index in [4.69, 9.17) is 11.6 Å². The van der Waals surface area contributed by atoms with Crippen molar-refractivity contribution in [2.24, 2.45) is 0 Å². The van der Waals surface area contributed by atoms with Crippen LogP contribution in [0.3, 0.4) is 0 Å². The number of nitrogens with zero attached hydrogens (tertiary/aromatic N) is 2. The number of hydrogen-bond donors (Lipinski definition) is 1. The number of halogens is 1. The van der Waals surface area contributed by atoms with Gasteiger partial charge < -0.3 is 10.5 Å². The van der Waals surface area contributed by atoms with E-state index in [-0.39, 0.29) is 11.8 Å². The third-order valence-corrected chi connectivity index (χ3v) is 5.02. The minimum absolute atomic E-state index is 0.156. The molecule has 5 nitrogen and oxygen atoms in total. The minimum atomic E-state index is -0.156. The second-order valence-corrected chi connectivity index (χ2v) is 6.90. The van der Waals surface area contributed by atoms with Crippen LogP contribution in [0.2, 0.25) is 5.02 Å². The van der Waals surface area contributed by atoms with Crippen LogP contribution in [0, 0.1) is 12.1 Å². The fraction of sp³-hybridized carbons (Fsp3) is 0.368. The van der Waals surface area contributed by atoms with Crippen molar-refractivity contribution in [2.75, 3.05) is 19.8 Å². The molecule has 2 aromatic rings. The highest BCUT2D eigenvalue weighted by atomic mass is 35.5. The number of amides is 1. The second-order valence-electron chi connectivity index (χ2n) is 6.49. The smallest absolute Gasteiger partial charge is 0.253 e. The van der Waals surface area contributed by atoms with Crippen LogP contribution in [-0.4, -0.2) is 30.6 Å². The van der Waals surface area contributed by atoms with E-state index in [1.807, 2.05) is 25.1 Å². The first kappa shape index (κ1) is 17.7. The lowest BCUT2D eigenvalue weighted by Crippen LogP contribution is -2.43. The lowest BCUT2D eigenvalue weighted by atomic mass is 9.93. The zero-order valence-corrected chi connectivity index (χ0v) is 15.0. The number of likely N-dealkylation sites (tertiary alicyclic amines) is 1. The molecule has 1 amide bonds. The first-order valence-electron chi connectivity index (χ1n) is 8.49. The van der Waals surface area contributed by atoms with Gasteiger partial charge in [-0.05, 0) is 31.9 Å². The van der Waals surface area contributed by atoms with Crippen LogP contribution in [0.5, 0.6) is 0 Å². The molecule has 0 aliphatic carbocycles. The van der Waals surface area contributed by atoms with Crippen LogP contribution in [0.4, 0.5) is 0 Å². The second kappa shape index (κ2) is 7.85. The van der Waals surface area contributed by atoms with Crippen molar-refractivity contribution in [1.29, 1.82) is 0 Å². The molecule has 1 aromatic heterocycles. The molecule has 0 unspecified atom stereocenters. The quantitative estimate of drug-likeness (QED) is 0.674. The van der Waals surface area contributed by atoms with Gasteiger partial charge in [-0.1, -0.05) is 29.3 Å². The van der Waals surface area contributed by atoms with Crippen LogP contribution in [-0.2, 0) is 0 Å². The number of pyridine rings is 1. The van der Waals surface area contributed by atoms with Gasteiger partial charge in [0, 0.05) is 31.1 Å². The SMILES string of the molecule is Cc1ccc(Cl)c(C(=O)NCN2CCC(c3cccc[n+]3[O-])CC2)c1. The molecular weight excluding hydrogens is 338 g/mol. The summed E-state index contributed by atoms with van der Waals surface area (Å²) in [5, 5.41) is 15.3. The fourth-order valence-corrected chi connectivity index (χ4v) is 3.44. The average molecular weight is 360 g/mol.